The topological polar surface area (TPSA) is 32.3 Å². The molecule has 0 aliphatic carbocycles. The lowest BCUT2D eigenvalue weighted by atomic mass is 10.2. The molecule has 1 amide bonds. The van der Waals surface area contributed by atoms with E-state index in [1.807, 2.05) is 25.1 Å². The second-order valence-corrected chi connectivity index (χ2v) is 7.01. The highest BCUT2D eigenvalue weighted by atomic mass is 79.9. The summed E-state index contributed by atoms with van der Waals surface area (Å²) < 4.78 is 1.88. The van der Waals surface area contributed by atoms with E-state index in [1.165, 1.54) is 25.7 Å². The Morgan fingerprint density at radius 3 is 2.45 bits per heavy atom. The van der Waals surface area contributed by atoms with Gasteiger partial charge in [0.1, 0.15) is 0 Å². The van der Waals surface area contributed by atoms with E-state index in [1.54, 1.807) is 0 Å². The largest absolute Gasteiger partial charge is 0.324 e. The van der Waals surface area contributed by atoms with Crippen molar-refractivity contribution >= 4 is 43.5 Å². The van der Waals surface area contributed by atoms with E-state index in [0.29, 0.717) is 0 Å². The number of hydrogen-bond acceptors (Lipinski definition) is 2. The Labute approximate surface area is 137 Å². The summed E-state index contributed by atoms with van der Waals surface area (Å²) in [7, 11) is 0. The predicted molar refractivity (Wildman–Crippen MR) is 90.0 cm³/mol. The molecule has 1 saturated heterocycles. The monoisotopic (exact) mass is 402 g/mol. The van der Waals surface area contributed by atoms with Gasteiger partial charge in [-0.2, -0.15) is 0 Å². The fourth-order valence-corrected chi connectivity index (χ4v) is 3.62. The van der Waals surface area contributed by atoms with Crippen LogP contribution in [0.2, 0.25) is 0 Å². The highest BCUT2D eigenvalue weighted by molar-refractivity contribution is 9.11. The number of carbonyl (C=O) groups is 1. The molecular weight excluding hydrogens is 384 g/mol. The van der Waals surface area contributed by atoms with Gasteiger partial charge in [0.2, 0.25) is 5.91 Å². The molecule has 1 N–H and O–H groups in total. The maximum atomic E-state index is 12.4. The summed E-state index contributed by atoms with van der Waals surface area (Å²) in [6, 6.07) is 5.69. The Balaban J connectivity index is 1.99. The number of rotatable bonds is 3. The van der Waals surface area contributed by atoms with Crippen LogP contribution in [0.4, 0.5) is 5.69 Å². The summed E-state index contributed by atoms with van der Waals surface area (Å²) in [4.78, 5) is 14.7. The molecule has 0 saturated carbocycles. The molecule has 20 heavy (non-hydrogen) atoms. The van der Waals surface area contributed by atoms with Gasteiger partial charge in [-0.25, -0.2) is 0 Å². The van der Waals surface area contributed by atoms with Crippen LogP contribution in [-0.4, -0.2) is 29.9 Å². The van der Waals surface area contributed by atoms with Gasteiger partial charge in [-0.15, -0.1) is 0 Å². The number of amides is 1. The Morgan fingerprint density at radius 2 is 1.85 bits per heavy atom. The van der Waals surface area contributed by atoms with Crippen molar-refractivity contribution in [1.82, 2.24) is 4.90 Å². The summed E-state index contributed by atoms with van der Waals surface area (Å²) in [6.45, 7) is 4.04. The van der Waals surface area contributed by atoms with Gasteiger partial charge in [-0.05, 0) is 67.0 Å². The molecular formula is C15H20Br2N2O. The maximum absolute atomic E-state index is 12.4. The van der Waals surface area contributed by atoms with Gasteiger partial charge in [0.05, 0.1) is 11.7 Å². The minimum absolute atomic E-state index is 0.0647. The number of nitrogens with zero attached hydrogens (tertiary/aromatic N) is 1. The Hall–Kier alpha value is -0.390. The van der Waals surface area contributed by atoms with E-state index < -0.39 is 0 Å². The third-order valence-corrected chi connectivity index (χ3v) is 4.91. The lowest BCUT2D eigenvalue weighted by molar-refractivity contribution is -0.120. The third kappa shape index (κ3) is 4.30. The lowest BCUT2D eigenvalue weighted by Gasteiger charge is -2.26. The Morgan fingerprint density at radius 1 is 1.20 bits per heavy atom. The summed E-state index contributed by atoms with van der Waals surface area (Å²) >= 11 is 6.89. The molecule has 3 nitrogen and oxygen atoms in total. The molecule has 1 fully saturated rings. The van der Waals surface area contributed by atoms with Crippen molar-refractivity contribution in [2.75, 3.05) is 18.4 Å². The van der Waals surface area contributed by atoms with Crippen LogP contribution in [-0.2, 0) is 4.79 Å². The first-order valence-electron chi connectivity index (χ1n) is 7.08. The van der Waals surface area contributed by atoms with Gasteiger partial charge in [-0.3, -0.25) is 9.69 Å². The molecule has 5 heteroatoms. The molecule has 1 aliphatic heterocycles. The molecule has 1 heterocycles. The third-order valence-electron chi connectivity index (χ3n) is 3.76. The van der Waals surface area contributed by atoms with Gasteiger partial charge < -0.3 is 5.32 Å². The smallest absolute Gasteiger partial charge is 0.241 e. The first kappa shape index (κ1) is 16.0. The number of benzene rings is 1. The highest BCUT2D eigenvalue weighted by Crippen LogP contribution is 2.26. The molecule has 1 aromatic rings. The van der Waals surface area contributed by atoms with E-state index in [2.05, 4.69) is 42.1 Å². The number of nitrogens with one attached hydrogen (secondary N) is 1. The van der Waals surface area contributed by atoms with Crippen LogP contribution in [0, 0.1) is 0 Å². The lowest BCUT2D eigenvalue weighted by Crippen LogP contribution is -2.42. The minimum Gasteiger partial charge on any atom is -0.324 e. The molecule has 0 radical (unpaired) electrons. The SMILES string of the molecule is CC(C(=O)Nc1ccc(Br)cc1Br)N1CCCCCC1. The Bertz CT molecular complexity index is 471. The van der Waals surface area contributed by atoms with Gasteiger partial charge >= 0.3 is 0 Å². The standard InChI is InChI=1S/C15H20Br2N2O/c1-11(19-8-4-2-3-5-9-19)15(20)18-14-7-6-12(16)10-13(14)17/h6-7,10-11H,2-5,8-9H2,1H3,(H,18,20). The second kappa shape index (κ2) is 7.57. The first-order valence-corrected chi connectivity index (χ1v) is 8.66. The van der Waals surface area contributed by atoms with Crippen molar-refractivity contribution in [3.05, 3.63) is 27.1 Å². The fourth-order valence-electron chi connectivity index (χ4n) is 2.48. The zero-order valence-corrected chi connectivity index (χ0v) is 14.8. The normalized spacial score (nSPS) is 18.4. The van der Waals surface area contributed by atoms with Gasteiger partial charge in [-0.1, -0.05) is 28.8 Å². The molecule has 1 aromatic carbocycles. The summed E-state index contributed by atoms with van der Waals surface area (Å²) in [5.74, 6) is 0.0647. The van der Waals surface area contributed by atoms with Crippen molar-refractivity contribution in [1.29, 1.82) is 0 Å². The number of halogens is 2. The fraction of sp³-hybridized carbons (Fsp3) is 0.533. The number of carbonyl (C=O) groups excluding carboxylic acids is 1. The maximum Gasteiger partial charge on any atom is 0.241 e. The van der Waals surface area contributed by atoms with Crippen molar-refractivity contribution in [2.45, 2.75) is 38.6 Å². The Kier molecular flexibility index (Phi) is 6.05. The van der Waals surface area contributed by atoms with Crippen LogP contribution >= 0.6 is 31.9 Å². The van der Waals surface area contributed by atoms with Crippen LogP contribution in [0.25, 0.3) is 0 Å². The second-order valence-electron chi connectivity index (χ2n) is 5.24. The number of anilines is 1. The minimum atomic E-state index is -0.0800. The average Bonchev–Trinajstić information content (AvgIpc) is 2.70. The van der Waals surface area contributed by atoms with E-state index >= 15 is 0 Å². The van der Waals surface area contributed by atoms with Gasteiger partial charge in [0, 0.05) is 8.95 Å². The van der Waals surface area contributed by atoms with Gasteiger partial charge in [0.25, 0.3) is 0 Å². The molecule has 1 aliphatic rings. The van der Waals surface area contributed by atoms with Gasteiger partial charge in [0.15, 0.2) is 0 Å². The zero-order valence-electron chi connectivity index (χ0n) is 11.7. The quantitative estimate of drug-likeness (QED) is 0.810. The van der Waals surface area contributed by atoms with Crippen LogP contribution in [0.1, 0.15) is 32.6 Å². The van der Waals surface area contributed by atoms with E-state index in [4.69, 9.17) is 0 Å². The van der Waals surface area contributed by atoms with Crippen LogP contribution in [0.5, 0.6) is 0 Å². The number of likely N-dealkylation sites (tertiary alicyclic amines) is 1. The molecule has 0 spiro atoms. The van der Waals surface area contributed by atoms with Crippen molar-refractivity contribution in [3.63, 3.8) is 0 Å². The molecule has 2 rings (SSSR count). The predicted octanol–water partition coefficient (Wildman–Crippen LogP) is 4.41. The van der Waals surface area contributed by atoms with Crippen LogP contribution < -0.4 is 5.32 Å². The molecule has 0 bridgehead atoms. The van der Waals surface area contributed by atoms with E-state index in [9.17, 15) is 4.79 Å². The molecule has 1 unspecified atom stereocenters. The zero-order chi connectivity index (χ0) is 14.5. The number of hydrogen-bond donors (Lipinski definition) is 1. The highest BCUT2D eigenvalue weighted by Gasteiger charge is 2.22. The van der Waals surface area contributed by atoms with Crippen molar-refractivity contribution < 1.29 is 4.79 Å². The molecule has 1 atom stereocenters. The summed E-state index contributed by atoms with van der Waals surface area (Å²) in [5, 5.41) is 3.01. The van der Waals surface area contributed by atoms with Crippen molar-refractivity contribution in [3.8, 4) is 0 Å². The summed E-state index contributed by atoms with van der Waals surface area (Å²) in [6.07, 6.45) is 4.95. The molecule has 110 valence electrons. The molecule has 0 aromatic heterocycles. The van der Waals surface area contributed by atoms with E-state index in [0.717, 1.165) is 27.7 Å². The first-order chi connectivity index (χ1) is 9.58. The van der Waals surface area contributed by atoms with E-state index in [-0.39, 0.29) is 11.9 Å². The van der Waals surface area contributed by atoms with Crippen molar-refractivity contribution in [2.24, 2.45) is 0 Å². The van der Waals surface area contributed by atoms with Crippen LogP contribution in [0.3, 0.4) is 0 Å². The summed E-state index contributed by atoms with van der Waals surface area (Å²) in [5.41, 5.74) is 0.819. The van der Waals surface area contributed by atoms with Crippen LogP contribution in [0.15, 0.2) is 27.1 Å². The average molecular weight is 404 g/mol.